The van der Waals surface area contributed by atoms with Crippen LogP contribution < -0.4 is 11.3 Å². The number of anilines is 1. The van der Waals surface area contributed by atoms with Crippen molar-refractivity contribution in [1.29, 1.82) is 0 Å². The molecular formula is C11H16N2O. The molecule has 76 valence electrons. The average Bonchev–Trinajstić information content (AvgIpc) is 1.99. The fraction of sp³-hybridized carbons (Fsp3) is 0.545. The zero-order valence-electron chi connectivity index (χ0n) is 8.49. The van der Waals surface area contributed by atoms with Crippen LogP contribution in [-0.4, -0.2) is 4.57 Å². The van der Waals surface area contributed by atoms with Gasteiger partial charge in [-0.3, -0.25) is 4.79 Å². The van der Waals surface area contributed by atoms with E-state index in [2.05, 4.69) is 0 Å². The van der Waals surface area contributed by atoms with Crippen LogP contribution in [0.15, 0.2) is 16.9 Å². The van der Waals surface area contributed by atoms with Crippen LogP contribution in [0.4, 0.5) is 5.69 Å². The quantitative estimate of drug-likeness (QED) is 0.775. The molecule has 0 atom stereocenters. The zero-order chi connectivity index (χ0) is 10.1. The lowest BCUT2D eigenvalue weighted by molar-refractivity contribution is 0.393. The molecule has 0 radical (unpaired) electrons. The molecule has 14 heavy (non-hydrogen) atoms. The molecule has 0 aromatic carbocycles. The normalized spacial score (nSPS) is 16.6. The van der Waals surface area contributed by atoms with Crippen LogP contribution in [0.3, 0.4) is 0 Å². The van der Waals surface area contributed by atoms with E-state index in [1.807, 2.05) is 17.6 Å². The third kappa shape index (κ3) is 1.43. The highest BCUT2D eigenvalue weighted by Gasteiger charge is 2.22. The molecule has 1 aromatic rings. The molecule has 1 fully saturated rings. The Hall–Kier alpha value is -1.25. The standard InChI is InChI=1S/C11H16N2O/c1-2-13-10(8-4-3-5-8)6-9(12)7-11(13)14/h6-8H,2-5,12H2,1H3. The summed E-state index contributed by atoms with van der Waals surface area (Å²) in [5.41, 5.74) is 7.45. The smallest absolute Gasteiger partial charge is 0.252 e. The summed E-state index contributed by atoms with van der Waals surface area (Å²) in [6, 6.07) is 3.46. The maximum atomic E-state index is 11.6. The summed E-state index contributed by atoms with van der Waals surface area (Å²) in [6.45, 7) is 2.74. The van der Waals surface area contributed by atoms with Gasteiger partial charge in [0.05, 0.1) is 0 Å². The topological polar surface area (TPSA) is 48.0 Å². The van der Waals surface area contributed by atoms with E-state index in [1.165, 1.54) is 25.3 Å². The van der Waals surface area contributed by atoms with Gasteiger partial charge in [0, 0.05) is 24.0 Å². The number of nitrogens with two attached hydrogens (primary N) is 1. The molecule has 3 nitrogen and oxygen atoms in total. The van der Waals surface area contributed by atoms with Crippen molar-refractivity contribution in [3.8, 4) is 0 Å². The van der Waals surface area contributed by atoms with E-state index >= 15 is 0 Å². The van der Waals surface area contributed by atoms with Crippen molar-refractivity contribution in [3.05, 3.63) is 28.2 Å². The van der Waals surface area contributed by atoms with E-state index in [0.29, 0.717) is 11.6 Å². The molecule has 1 aliphatic carbocycles. The van der Waals surface area contributed by atoms with Gasteiger partial charge in [0.2, 0.25) is 0 Å². The summed E-state index contributed by atoms with van der Waals surface area (Å²) >= 11 is 0. The minimum atomic E-state index is 0.0365. The monoisotopic (exact) mass is 192 g/mol. The molecular weight excluding hydrogens is 176 g/mol. The number of nitrogen functional groups attached to an aromatic ring is 1. The Labute approximate surface area is 83.5 Å². The van der Waals surface area contributed by atoms with Crippen molar-refractivity contribution in [2.75, 3.05) is 5.73 Å². The number of hydrogen-bond donors (Lipinski definition) is 1. The summed E-state index contributed by atoms with van der Waals surface area (Å²) in [7, 11) is 0. The van der Waals surface area contributed by atoms with Crippen molar-refractivity contribution in [2.45, 2.75) is 38.6 Å². The fourth-order valence-electron chi connectivity index (χ4n) is 2.02. The summed E-state index contributed by atoms with van der Waals surface area (Å²) in [6.07, 6.45) is 3.67. The van der Waals surface area contributed by atoms with Crippen molar-refractivity contribution < 1.29 is 0 Å². The highest BCUT2D eigenvalue weighted by atomic mass is 16.1. The van der Waals surface area contributed by atoms with E-state index in [1.54, 1.807) is 0 Å². The van der Waals surface area contributed by atoms with Crippen molar-refractivity contribution in [1.82, 2.24) is 4.57 Å². The van der Waals surface area contributed by atoms with Crippen molar-refractivity contribution in [2.24, 2.45) is 0 Å². The minimum Gasteiger partial charge on any atom is -0.399 e. The third-order valence-electron chi connectivity index (χ3n) is 3.02. The van der Waals surface area contributed by atoms with Crippen LogP contribution in [0.5, 0.6) is 0 Å². The van der Waals surface area contributed by atoms with E-state index in [9.17, 15) is 4.79 Å². The Morgan fingerprint density at radius 2 is 2.21 bits per heavy atom. The Bertz CT molecular complexity index is 391. The maximum absolute atomic E-state index is 11.6. The molecule has 0 bridgehead atoms. The van der Waals surface area contributed by atoms with Gasteiger partial charge in [-0.2, -0.15) is 0 Å². The highest BCUT2D eigenvalue weighted by Crippen LogP contribution is 2.36. The van der Waals surface area contributed by atoms with Crippen LogP contribution in [0.2, 0.25) is 0 Å². The van der Waals surface area contributed by atoms with Crippen LogP contribution in [0.1, 0.15) is 37.8 Å². The predicted molar refractivity (Wildman–Crippen MR) is 57.4 cm³/mol. The van der Waals surface area contributed by atoms with Gasteiger partial charge >= 0.3 is 0 Å². The molecule has 3 heteroatoms. The second-order valence-electron chi connectivity index (χ2n) is 3.92. The van der Waals surface area contributed by atoms with Crippen LogP contribution >= 0.6 is 0 Å². The molecule has 1 aliphatic rings. The maximum Gasteiger partial charge on any atom is 0.252 e. The molecule has 0 saturated heterocycles. The average molecular weight is 192 g/mol. The summed E-state index contributed by atoms with van der Waals surface area (Å²) in [5, 5.41) is 0. The molecule has 1 saturated carbocycles. The first-order valence-electron chi connectivity index (χ1n) is 5.22. The SMILES string of the molecule is CCn1c(C2CCC2)cc(N)cc1=O. The molecule has 0 amide bonds. The number of rotatable bonds is 2. The van der Waals surface area contributed by atoms with Gasteiger partial charge in [0.25, 0.3) is 5.56 Å². The molecule has 0 spiro atoms. The minimum absolute atomic E-state index is 0.0365. The zero-order valence-corrected chi connectivity index (χ0v) is 8.49. The molecule has 2 rings (SSSR count). The number of nitrogens with zero attached hydrogens (tertiary/aromatic N) is 1. The summed E-state index contributed by atoms with van der Waals surface area (Å²) in [4.78, 5) is 11.6. The lowest BCUT2D eigenvalue weighted by Crippen LogP contribution is -2.26. The highest BCUT2D eigenvalue weighted by molar-refractivity contribution is 5.39. The lowest BCUT2D eigenvalue weighted by Gasteiger charge is -2.28. The van der Waals surface area contributed by atoms with Gasteiger partial charge in [-0.1, -0.05) is 6.42 Å². The fourth-order valence-corrected chi connectivity index (χ4v) is 2.02. The van der Waals surface area contributed by atoms with Crippen LogP contribution in [-0.2, 0) is 6.54 Å². The van der Waals surface area contributed by atoms with Gasteiger partial charge in [0.15, 0.2) is 0 Å². The molecule has 0 aliphatic heterocycles. The first kappa shape index (κ1) is 9.31. The van der Waals surface area contributed by atoms with Crippen molar-refractivity contribution in [3.63, 3.8) is 0 Å². The van der Waals surface area contributed by atoms with Crippen LogP contribution in [0, 0.1) is 0 Å². The Balaban J connectivity index is 2.49. The van der Waals surface area contributed by atoms with E-state index in [-0.39, 0.29) is 5.56 Å². The van der Waals surface area contributed by atoms with Gasteiger partial charge in [-0.05, 0) is 31.7 Å². The Morgan fingerprint density at radius 1 is 1.50 bits per heavy atom. The lowest BCUT2D eigenvalue weighted by atomic mass is 9.82. The van der Waals surface area contributed by atoms with Gasteiger partial charge in [0.1, 0.15) is 0 Å². The Kier molecular flexibility index (Phi) is 2.32. The molecule has 0 unspecified atom stereocenters. The summed E-state index contributed by atoms with van der Waals surface area (Å²) in [5.74, 6) is 0.561. The first-order chi connectivity index (χ1) is 6.72. The van der Waals surface area contributed by atoms with Crippen molar-refractivity contribution >= 4 is 5.69 Å². The molecule has 1 heterocycles. The molecule has 2 N–H and O–H groups in total. The van der Waals surface area contributed by atoms with E-state index in [4.69, 9.17) is 5.73 Å². The van der Waals surface area contributed by atoms with Crippen LogP contribution in [0.25, 0.3) is 0 Å². The molecule has 1 aromatic heterocycles. The number of aromatic nitrogens is 1. The summed E-state index contributed by atoms with van der Waals surface area (Å²) < 4.78 is 1.83. The van der Waals surface area contributed by atoms with E-state index < -0.39 is 0 Å². The van der Waals surface area contributed by atoms with E-state index in [0.717, 1.165) is 12.2 Å². The largest absolute Gasteiger partial charge is 0.399 e. The second kappa shape index (κ2) is 3.48. The van der Waals surface area contributed by atoms with Gasteiger partial charge in [-0.15, -0.1) is 0 Å². The third-order valence-corrected chi connectivity index (χ3v) is 3.02. The number of hydrogen-bond acceptors (Lipinski definition) is 2. The Morgan fingerprint density at radius 3 is 2.71 bits per heavy atom. The van der Waals surface area contributed by atoms with Gasteiger partial charge < -0.3 is 10.3 Å². The first-order valence-corrected chi connectivity index (χ1v) is 5.22. The predicted octanol–water partition coefficient (Wildman–Crippen LogP) is 1.72. The number of pyridine rings is 1. The second-order valence-corrected chi connectivity index (χ2v) is 3.92. The van der Waals surface area contributed by atoms with Gasteiger partial charge in [-0.25, -0.2) is 0 Å².